The van der Waals surface area contributed by atoms with Crippen molar-refractivity contribution in [3.05, 3.63) is 60.4 Å². The van der Waals surface area contributed by atoms with E-state index in [-0.39, 0.29) is 11.5 Å². The first-order chi connectivity index (χ1) is 10.1. The van der Waals surface area contributed by atoms with Crippen molar-refractivity contribution >= 4 is 0 Å². The first-order valence-electron chi connectivity index (χ1n) is 6.56. The zero-order valence-electron chi connectivity index (χ0n) is 11.5. The number of phenolic OH excluding ortho intramolecular Hbond substituents is 2. The van der Waals surface area contributed by atoms with Gasteiger partial charge in [0.25, 0.3) is 0 Å². The van der Waals surface area contributed by atoms with Crippen molar-refractivity contribution < 1.29 is 10.2 Å². The average Bonchev–Trinajstić information content (AvgIpc) is 2.49. The van der Waals surface area contributed by atoms with Crippen LogP contribution >= 0.6 is 0 Å². The molecule has 1 heterocycles. The van der Waals surface area contributed by atoms with Crippen molar-refractivity contribution in [2.45, 2.75) is 6.92 Å². The second-order valence-electron chi connectivity index (χ2n) is 4.78. The molecule has 4 heteroatoms. The standard InChI is InChI=1S/C17H14N2O2/c1-11-17(13-4-8-15(21)9-5-13)18-10-16(19-11)12-2-6-14(20)7-3-12/h2-10,20-21H,1H3. The summed E-state index contributed by atoms with van der Waals surface area (Å²) < 4.78 is 0. The van der Waals surface area contributed by atoms with Gasteiger partial charge in [0.2, 0.25) is 0 Å². The molecule has 0 radical (unpaired) electrons. The minimum atomic E-state index is 0.226. The van der Waals surface area contributed by atoms with E-state index < -0.39 is 0 Å². The highest BCUT2D eigenvalue weighted by atomic mass is 16.3. The summed E-state index contributed by atoms with van der Waals surface area (Å²) in [5.41, 5.74) is 4.18. The molecule has 0 amide bonds. The van der Waals surface area contributed by atoms with Crippen molar-refractivity contribution in [3.8, 4) is 34.0 Å². The number of nitrogens with zero attached hydrogens (tertiary/aromatic N) is 2. The SMILES string of the molecule is Cc1nc(-c2ccc(O)cc2)cnc1-c1ccc(O)cc1. The summed E-state index contributed by atoms with van der Waals surface area (Å²) in [5, 5.41) is 18.6. The maximum Gasteiger partial charge on any atom is 0.115 e. The summed E-state index contributed by atoms with van der Waals surface area (Å²) in [6.07, 6.45) is 1.71. The van der Waals surface area contributed by atoms with Crippen molar-refractivity contribution in [2.75, 3.05) is 0 Å². The molecule has 0 saturated carbocycles. The van der Waals surface area contributed by atoms with Gasteiger partial charge in [0, 0.05) is 11.1 Å². The third kappa shape index (κ3) is 2.69. The smallest absolute Gasteiger partial charge is 0.115 e. The van der Waals surface area contributed by atoms with Gasteiger partial charge < -0.3 is 10.2 Å². The number of rotatable bonds is 2. The monoisotopic (exact) mass is 278 g/mol. The number of phenols is 2. The molecule has 0 fully saturated rings. The fourth-order valence-corrected chi connectivity index (χ4v) is 2.16. The van der Waals surface area contributed by atoms with Crippen molar-refractivity contribution in [3.63, 3.8) is 0 Å². The summed E-state index contributed by atoms with van der Waals surface area (Å²) in [7, 11) is 0. The summed E-state index contributed by atoms with van der Waals surface area (Å²) in [6, 6.07) is 13.7. The molecule has 0 aliphatic carbocycles. The Labute approximate surface area is 122 Å². The number of aromatic hydroxyl groups is 2. The zero-order chi connectivity index (χ0) is 14.8. The van der Waals surface area contributed by atoms with Gasteiger partial charge in [0.15, 0.2) is 0 Å². The Morgan fingerprint density at radius 1 is 0.762 bits per heavy atom. The largest absolute Gasteiger partial charge is 0.508 e. The number of hydrogen-bond acceptors (Lipinski definition) is 4. The van der Waals surface area contributed by atoms with Crippen LogP contribution in [0.2, 0.25) is 0 Å². The van der Waals surface area contributed by atoms with Gasteiger partial charge in [-0.1, -0.05) is 0 Å². The van der Waals surface area contributed by atoms with E-state index in [0.29, 0.717) is 0 Å². The minimum Gasteiger partial charge on any atom is -0.508 e. The lowest BCUT2D eigenvalue weighted by Crippen LogP contribution is -1.94. The van der Waals surface area contributed by atoms with Gasteiger partial charge in [-0.05, 0) is 55.5 Å². The van der Waals surface area contributed by atoms with E-state index in [0.717, 1.165) is 28.2 Å². The first kappa shape index (κ1) is 13.1. The van der Waals surface area contributed by atoms with Gasteiger partial charge in [-0.15, -0.1) is 0 Å². The molecule has 0 spiro atoms. The van der Waals surface area contributed by atoms with Crippen LogP contribution in [0, 0.1) is 6.92 Å². The molecular weight excluding hydrogens is 264 g/mol. The van der Waals surface area contributed by atoms with Crippen LogP contribution in [-0.2, 0) is 0 Å². The molecule has 0 unspecified atom stereocenters. The average molecular weight is 278 g/mol. The molecule has 2 N–H and O–H groups in total. The molecular formula is C17H14N2O2. The van der Waals surface area contributed by atoms with E-state index in [1.54, 1.807) is 42.6 Å². The Kier molecular flexibility index (Phi) is 3.28. The third-order valence-electron chi connectivity index (χ3n) is 3.25. The maximum atomic E-state index is 9.33. The van der Waals surface area contributed by atoms with E-state index in [9.17, 15) is 10.2 Å². The highest BCUT2D eigenvalue weighted by Crippen LogP contribution is 2.25. The highest BCUT2D eigenvalue weighted by molar-refractivity contribution is 5.66. The quantitative estimate of drug-likeness (QED) is 0.752. The number of benzene rings is 2. The van der Waals surface area contributed by atoms with E-state index in [4.69, 9.17) is 0 Å². The van der Waals surface area contributed by atoms with E-state index in [2.05, 4.69) is 9.97 Å². The van der Waals surface area contributed by atoms with Crippen LogP contribution in [-0.4, -0.2) is 20.2 Å². The molecule has 1 aromatic heterocycles. The van der Waals surface area contributed by atoms with Crippen molar-refractivity contribution in [1.29, 1.82) is 0 Å². The van der Waals surface area contributed by atoms with Gasteiger partial charge in [0.1, 0.15) is 11.5 Å². The Balaban J connectivity index is 1.99. The maximum absolute atomic E-state index is 9.33. The van der Waals surface area contributed by atoms with Crippen LogP contribution in [0.3, 0.4) is 0 Å². The molecule has 0 saturated heterocycles. The fourth-order valence-electron chi connectivity index (χ4n) is 2.16. The van der Waals surface area contributed by atoms with Crippen molar-refractivity contribution in [2.24, 2.45) is 0 Å². The van der Waals surface area contributed by atoms with Gasteiger partial charge >= 0.3 is 0 Å². The molecule has 104 valence electrons. The summed E-state index contributed by atoms with van der Waals surface area (Å²) in [5.74, 6) is 0.453. The molecule has 3 rings (SSSR count). The summed E-state index contributed by atoms with van der Waals surface area (Å²) >= 11 is 0. The zero-order valence-corrected chi connectivity index (χ0v) is 11.5. The van der Waals surface area contributed by atoms with Crippen LogP contribution in [0.25, 0.3) is 22.5 Å². The van der Waals surface area contributed by atoms with Crippen LogP contribution in [0.15, 0.2) is 54.7 Å². The van der Waals surface area contributed by atoms with Gasteiger partial charge in [-0.2, -0.15) is 0 Å². The molecule has 4 nitrogen and oxygen atoms in total. The number of aromatic nitrogens is 2. The van der Waals surface area contributed by atoms with E-state index in [1.165, 1.54) is 0 Å². The molecule has 0 atom stereocenters. The fraction of sp³-hybridized carbons (Fsp3) is 0.0588. The molecule has 0 aliphatic rings. The molecule has 0 aliphatic heterocycles. The lowest BCUT2D eigenvalue weighted by Gasteiger charge is -2.07. The number of hydrogen-bond donors (Lipinski definition) is 2. The Morgan fingerprint density at radius 3 is 1.81 bits per heavy atom. The predicted octanol–water partition coefficient (Wildman–Crippen LogP) is 3.53. The lowest BCUT2D eigenvalue weighted by atomic mass is 10.1. The topological polar surface area (TPSA) is 66.2 Å². The molecule has 3 aromatic rings. The second-order valence-corrected chi connectivity index (χ2v) is 4.78. The molecule has 2 aromatic carbocycles. The normalized spacial score (nSPS) is 10.5. The Morgan fingerprint density at radius 2 is 1.29 bits per heavy atom. The van der Waals surface area contributed by atoms with Crippen LogP contribution in [0.5, 0.6) is 11.5 Å². The molecule has 21 heavy (non-hydrogen) atoms. The van der Waals surface area contributed by atoms with Crippen LogP contribution in [0.1, 0.15) is 5.69 Å². The Bertz CT molecular complexity index is 766. The number of aryl methyl sites for hydroxylation is 1. The summed E-state index contributed by atoms with van der Waals surface area (Å²) in [6.45, 7) is 1.90. The molecule has 0 bridgehead atoms. The third-order valence-corrected chi connectivity index (χ3v) is 3.25. The predicted molar refractivity (Wildman–Crippen MR) is 81.0 cm³/mol. The van der Waals surface area contributed by atoms with E-state index >= 15 is 0 Å². The second kappa shape index (κ2) is 5.25. The van der Waals surface area contributed by atoms with Gasteiger partial charge in [-0.25, -0.2) is 4.98 Å². The van der Waals surface area contributed by atoms with Gasteiger partial charge in [-0.3, -0.25) is 4.98 Å². The van der Waals surface area contributed by atoms with Gasteiger partial charge in [0.05, 0.1) is 23.3 Å². The van der Waals surface area contributed by atoms with Crippen LogP contribution < -0.4 is 0 Å². The Hall–Kier alpha value is -2.88. The lowest BCUT2D eigenvalue weighted by molar-refractivity contribution is 0.475. The van der Waals surface area contributed by atoms with Crippen LogP contribution in [0.4, 0.5) is 0 Å². The van der Waals surface area contributed by atoms with E-state index in [1.807, 2.05) is 19.1 Å². The highest BCUT2D eigenvalue weighted by Gasteiger charge is 2.08. The van der Waals surface area contributed by atoms with Crippen molar-refractivity contribution in [1.82, 2.24) is 9.97 Å². The first-order valence-corrected chi connectivity index (χ1v) is 6.56. The minimum absolute atomic E-state index is 0.226. The summed E-state index contributed by atoms with van der Waals surface area (Å²) in [4.78, 5) is 9.04.